The number of nitrogens with two attached hydrogens (primary N) is 1. The van der Waals surface area contributed by atoms with E-state index in [0.29, 0.717) is 23.1 Å². The summed E-state index contributed by atoms with van der Waals surface area (Å²) in [6.45, 7) is 4.80. The molecule has 2 fully saturated rings. The van der Waals surface area contributed by atoms with E-state index in [-0.39, 0.29) is 22.6 Å². The molecule has 1 aromatic heterocycles. The van der Waals surface area contributed by atoms with Gasteiger partial charge in [0.25, 0.3) is 0 Å². The maximum atomic E-state index is 12.5. The van der Waals surface area contributed by atoms with Crippen LogP contribution >= 0.6 is 11.8 Å². The zero-order valence-electron chi connectivity index (χ0n) is 16.8. The first-order valence-corrected chi connectivity index (χ1v) is 12.7. The Hall–Kier alpha value is -1.58. The molecule has 1 aromatic carbocycles. The number of carbonyl (C=O) groups is 1. The van der Waals surface area contributed by atoms with Gasteiger partial charge < -0.3 is 9.88 Å². The molecule has 0 saturated heterocycles. The zero-order valence-corrected chi connectivity index (χ0v) is 18.4. The summed E-state index contributed by atoms with van der Waals surface area (Å²) in [6, 6.07) is 4.90. The number of hydrogen-bond acceptors (Lipinski definition) is 5. The number of nitrogens with one attached hydrogen (secondary N) is 1. The second-order valence-electron chi connectivity index (χ2n) is 8.32. The highest BCUT2D eigenvalue weighted by Gasteiger charge is 2.42. The van der Waals surface area contributed by atoms with Crippen LogP contribution in [0.4, 0.5) is 0 Å². The van der Waals surface area contributed by atoms with Crippen molar-refractivity contribution in [1.82, 2.24) is 14.9 Å². The largest absolute Gasteiger partial charge is 0.353 e. The van der Waals surface area contributed by atoms with Crippen LogP contribution in [-0.2, 0) is 21.4 Å². The van der Waals surface area contributed by atoms with Crippen molar-refractivity contribution in [2.45, 2.75) is 62.2 Å². The van der Waals surface area contributed by atoms with Crippen LogP contribution in [0.15, 0.2) is 28.3 Å². The van der Waals surface area contributed by atoms with Gasteiger partial charge in [0.15, 0.2) is 5.16 Å². The molecule has 4 unspecified atom stereocenters. The van der Waals surface area contributed by atoms with E-state index in [1.807, 2.05) is 11.5 Å². The van der Waals surface area contributed by atoms with Gasteiger partial charge in [-0.3, -0.25) is 4.79 Å². The smallest absolute Gasteiger partial charge is 0.238 e. The lowest BCUT2D eigenvalue weighted by atomic mass is 9.84. The summed E-state index contributed by atoms with van der Waals surface area (Å²) in [6.07, 6.45) is 5.25. The quantitative estimate of drug-likeness (QED) is 0.649. The third-order valence-electron chi connectivity index (χ3n) is 6.49. The predicted molar refractivity (Wildman–Crippen MR) is 114 cm³/mol. The van der Waals surface area contributed by atoms with Crippen molar-refractivity contribution in [2.24, 2.45) is 22.9 Å². The molecule has 2 bridgehead atoms. The number of primary sulfonamides is 1. The normalized spacial score (nSPS) is 24.9. The highest BCUT2D eigenvalue weighted by molar-refractivity contribution is 7.99. The van der Waals surface area contributed by atoms with E-state index in [1.54, 1.807) is 6.07 Å². The van der Waals surface area contributed by atoms with Crippen LogP contribution in [0.25, 0.3) is 11.0 Å². The fourth-order valence-corrected chi connectivity index (χ4v) is 6.54. The zero-order chi connectivity index (χ0) is 20.8. The minimum atomic E-state index is -3.78. The Balaban J connectivity index is 1.42. The third kappa shape index (κ3) is 4.18. The van der Waals surface area contributed by atoms with Crippen LogP contribution in [0.5, 0.6) is 0 Å². The SMILES string of the molecule is CCn1c(SCC(=O)NC(C)C2CC3CCC2C3)nc2cc(S(N)(=O)=O)ccc21. The number of sulfonamides is 1. The fourth-order valence-electron chi connectivity index (χ4n) is 5.12. The maximum absolute atomic E-state index is 12.5. The first kappa shape index (κ1) is 20.7. The van der Waals surface area contributed by atoms with Gasteiger partial charge in [0, 0.05) is 12.6 Å². The standard InChI is InChI=1S/C20H28N4O3S2/c1-3-24-18-7-6-15(29(21,26)27)10-17(18)23-20(24)28-11-19(25)22-12(2)16-9-13-4-5-14(16)8-13/h6-7,10,12-14,16H,3-5,8-9,11H2,1-2H3,(H,22,25)(H2,21,26,27). The summed E-state index contributed by atoms with van der Waals surface area (Å²) in [4.78, 5) is 17.1. The number of aryl methyl sites for hydroxylation is 1. The Kier molecular flexibility index (Phi) is 5.65. The average Bonchev–Trinajstić information content (AvgIpc) is 3.38. The second kappa shape index (κ2) is 7.92. The molecule has 4 rings (SSSR count). The van der Waals surface area contributed by atoms with Gasteiger partial charge in [-0.15, -0.1) is 0 Å². The average molecular weight is 437 g/mol. The maximum Gasteiger partial charge on any atom is 0.238 e. The van der Waals surface area contributed by atoms with Crippen molar-refractivity contribution in [3.8, 4) is 0 Å². The summed E-state index contributed by atoms with van der Waals surface area (Å²) in [5.74, 6) is 2.56. The number of hydrogen-bond donors (Lipinski definition) is 2. The van der Waals surface area contributed by atoms with Crippen LogP contribution in [0, 0.1) is 17.8 Å². The molecule has 2 aliphatic carbocycles. The van der Waals surface area contributed by atoms with E-state index in [2.05, 4.69) is 17.2 Å². The molecule has 1 heterocycles. The lowest BCUT2D eigenvalue weighted by molar-refractivity contribution is -0.119. The molecule has 158 valence electrons. The van der Waals surface area contributed by atoms with Gasteiger partial charge in [-0.1, -0.05) is 18.2 Å². The molecule has 0 aliphatic heterocycles. The van der Waals surface area contributed by atoms with Gasteiger partial charge in [0.05, 0.1) is 21.7 Å². The Morgan fingerprint density at radius 2 is 2.17 bits per heavy atom. The minimum Gasteiger partial charge on any atom is -0.353 e. The molecule has 2 saturated carbocycles. The lowest BCUT2D eigenvalue weighted by Crippen LogP contribution is -2.40. The molecular formula is C20H28N4O3S2. The van der Waals surface area contributed by atoms with Crippen LogP contribution < -0.4 is 10.5 Å². The van der Waals surface area contributed by atoms with Crippen molar-refractivity contribution in [3.05, 3.63) is 18.2 Å². The van der Waals surface area contributed by atoms with Gasteiger partial charge in [0.2, 0.25) is 15.9 Å². The van der Waals surface area contributed by atoms with Gasteiger partial charge in [-0.05, 0) is 69.1 Å². The molecule has 9 heteroatoms. The molecule has 7 nitrogen and oxygen atoms in total. The Morgan fingerprint density at radius 3 is 2.79 bits per heavy atom. The van der Waals surface area contributed by atoms with Gasteiger partial charge >= 0.3 is 0 Å². The van der Waals surface area contributed by atoms with Gasteiger partial charge in [-0.2, -0.15) is 0 Å². The summed E-state index contributed by atoms with van der Waals surface area (Å²) in [5, 5.41) is 9.11. The van der Waals surface area contributed by atoms with Crippen molar-refractivity contribution < 1.29 is 13.2 Å². The molecule has 1 amide bonds. The van der Waals surface area contributed by atoms with Crippen LogP contribution in [-0.4, -0.2) is 35.7 Å². The number of rotatable bonds is 7. The first-order chi connectivity index (χ1) is 13.8. The van der Waals surface area contributed by atoms with Crippen LogP contribution in [0.1, 0.15) is 39.5 Å². The molecule has 0 spiro atoms. The van der Waals surface area contributed by atoms with E-state index in [1.165, 1.54) is 49.6 Å². The highest BCUT2D eigenvalue weighted by atomic mass is 32.2. The first-order valence-electron chi connectivity index (χ1n) is 10.2. The number of nitrogens with zero attached hydrogens (tertiary/aromatic N) is 2. The Labute approximate surface area is 175 Å². The van der Waals surface area contributed by atoms with E-state index < -0.39 is 10.0 Å². The Bertz CT molecular complexity index is 1030. The number of imidazole rings is 1. The molecule has 4 atom stereocenters. The monoisotopic (exact) mass is 436 g/mol. The molecule has 3 N–H and O–H groups in total. The number of benzene rings is 1. The number of fused-ring (bicyclic) bond motifs is 3. The van der Waals surface area contributed by atoms with Crippen LogP contribution in [0.2, 0.25) is 0 Å². The Morgan fingerprint density at radius 1 is 1.38 bits per heavy atom. The molecule has 0 radical (unpaired) electrons. The van der Waals surface area contributed by atoms with E-state index in [4.69, 9.17) is 5.14 Å². The molecule has 2 aliphatic rings. The number of carbonyl (C=O) groups excluding carboxylic acids is 1. The second-order valence-corrected chi connectivity index (χ2v) is 10.8. The summed E-state index contributed by atoms with van der Waals surface area (Å²) in [5.41, 5.74) is 1.40. The predicted octanol–water partition coefficient (Wildman–Crippen LogP) is 2.74. The number of thioether (sulfide) groups is 1. The van der Waals surface area contributed by atoms with E-state index >= 15 is 0 Å². The van der Waals surface area contributed by atoms with E-state index in [9.17, 15) is 13.2 Å². The van der Waals surface area contributed by atoms with Crippen molar-refractivity contribution in [1.29, 1.82) is 0 Å². The van der Waals surface area contributed by atoms with Crippen molar-refractivity contribution >= 4 is 38.7 Å². The molecular weight excluding hydrogens is 408 g/mol. The highest BCUT2D eigenvalue weighted by Crippen LogP contribution is 2.49. The summed E-state index contributed by atoms with van der Waals surface area (Å²) < 4.78 is 25.2. The van der Waals surface area contributed by atoms with Gasteiger partial charge in [-0.25, -0.2) is 18.5 Å². The third-order valence-corrected chi connectivity index (χ3v) is 8.37. The minimum absolute atomic E-state index is 0.0187. The van der Waals surface area contributed by atoms with E-state index in [0.717, 1.165) is 17.4 Å². The molecule has 2 aromatic rings. The summed E-state index contributed by atoms with van der Waals surface area (Å²) in [7, 11) is -3.78. The van der Waals surface area contributed by atoms with Gasteiger partial charge in [0.1, 0.15) is 0 Å². The number of aromatic nitrogens is 2. The topological polar surface area (TPSA) is 107 Å². The summed E-state index contributed by atoms with van der Waals surface area (Å²) >= 11 is 1.38. The fraction of sp³-hybridized carbons (Fsp3) is 0.600. The van der Waals surface area contributed by atoms with Crippen LogP contribution in [0.3, 0.4) is 0 Å². The van der Waals surface area contributed by atoms with Crippen molar-refractivity contribution in [3.63, 3.8) is 0 Å². The number of amides is 1. The molecule has 29 heavy (non-hydrogen) atoms. The van der Waals surface area contributed by atoms with Crippen molar-refractivity contribution in [2.75, 3.05) is 5.75 Å². The lowest BCUT2D eigenvalue weighted by Gasteiger charge is -2.28.